The van der Waals surface area contributed by atoms with Gasteiger partial charge in [0.15, 0.2) is 0 Å². The van der Waals surface area contributed by atoms with E-state index in [1.807, 2.05) is 32.9 Å². The van der Waals surface area contributed by atoms with Crippen molar-refractivity contribution in [2.75, 3.05) is 18.0 Å². The van der Waals surface area contributed by atoms with E-state index in [2.05, 4.69) is 11.4 Å². The fourth-order valence-electron chi connectivity index (χ4n) is 3.64. The monoisotopic (exact) mass is 342 g/mol. The van der Waals surface area contributed by atoms with Gasteiger partial charge in [0.2, 0.25) is 11.8 Å². The van der Waals surface area contributed by atoms with E-state index in [4.69, 9.17) is 0 Å². The van der Waals surface area contributed by atoms with Crippen molar-refractivity contribution >= 4 is 17.5 Å². The van der Waals surface area contributed by atoms with E-state index in [0.29, 0.717) is 6.54 Å². The van der Waals surface area contributed by atoms with Gasteiger partial charge in [0.1, 0.15) is 6.54 Å². The Kier molecular flexibility index (Phi) is 6.80. The minimum Gasteiger partial charge on any atom is -0.354 e. The molecule has 0 saturated heterocycles. The Balaban J connectivity index is 1.98. The first-order chi connectivity index (χ1) is 11.9. The van der Waals surface area contributed by atoms with E-state index < -0.39 is 0 Å². The zero-order chi connectivity index (χ0) is 18.4. The summed E-state index contributed by atoms with van der Waals surface area (Å²) in [4.78, 5) is 26.0. The van der Waals surface area contributed by atoms with Crippen molar-refractivity contribution in [1.82, 2.24) is 5.32 Å². The summed E-state index contributed by atoms with van der Waals surface area (Å²) in [6, 6.07) is 4.09. The number of carbonyl (C=O) groups is 2. The van der Waals surface area contributed by atoms with Crippen LogP contribution >= 0.6 is 0 Å². The van der Waals surface area contributed by atoms with Crippen molar-refractivity contribution in [1.29, 1.82) is 0 Å². The summed E-state index contributed by atoms with van der Waals surface area (Å²) >= 11 is 0. The molecule has 0 heterocycles. The van der Waals surface area contributed by atoms with Crippen LogP contribution < -0.4 is 10.2 Å². The molecule has 0 radical (unpaired) electrons. The summed E-state index contributed by atoms with van der Waals surface area (Å²) in [6.07, 6.45) is 8.05. The molecule has 25 heavy (non-hydrogen) atoms. The molecule has 1 aliphatic rings. The number of rotatable bonds is 6. The van der Waals surface area contributed by atoms with E-state index in [0.717, 1.165) is 41.6 Å². The number of benzene rings is 1. The predicted octanol–water partition coefficient (Wildman–Crippen LogP) is 3.97. The average molecular weight is 342 g/mol. The first-order valence-corrected chi connectivity index (χ1v) is 9.19. The van der Waals surface area contributed by atoms with Crippen LogP contribution in [0, 0.1) is 20.8 Å². The van der Waals surface area contributed by atoms with Crippen LogP contribution in [0.15, 0.2) is 23.8 Å². The lowest BCUT2D eigenvalue weighted by atomic mass is 9.97. The van der Waals surface area contributed by atoms with Crippen LogP contribution in [0.3, 0.4) is 0 Å². The number of hydrogen-bond acceptors (Lipinski definition) is 2. The number of amides is 2. The number of allylic oxidation sites excluding steroid dienone is 1. The number of aryl methyl sites for hydroxylation is 3. The Bertz CT molecular complexity index is 653. The van der Waals surface area contributed by atoms with Crippen LogP contribution in [0.25, 0.3) is 0 Å². The molecular formula is C21H30N2O2. The Hall–Kier alpha value is -2.10. The molecule has 1 N–H and O–H groups in total. The highest BCUT2D eigenvalue weighted by Crippen LogP contribution is 2.26. The highest BCUT2D eigenvalue weighted by molar-refractivity contribution is 5.98. The van der Waals surface area contributed by atoms with Gasteiger partial charge in [0.25, 0.3) is 0 Å². The quantitative estimate of drug-likeness (QED) is 0.795. The Morgan fingerprint density at radius 3 is 2.36 bits per heavy atom. The van der Waals surface area contributed by atoms with Gasteiger partial charge in [-0.15, -0.1) is 0 Å². The summed E-state index contributed by atoms with van der Waals surface area (Å²) in [6.45, 7) is 8.23. The predicted molar refractivity (Wildman–Crippen MR) is 103 cm³/mol. The van der Waals surface area contributed by atoms with Gasteiger partial charge in [-0.2, -0.15) is 0 Å². The first-order valence-electron chi connectivity index (χ1n) is 9.19. The molecule has 2 rings (SSSR count). The molecule has 2 amide bonds. The van der Waals surface area contributed by atoms with Crippen LogP contribution in [-0.4, -0.2) is 24.9 Å². The van der Waals surface area contributed by atoms with Gasteiger partial charge in [0.05, 0.1) is 5.69 Å². The van der Waals surface area contributed by atoms with Crippen LogP contribution in [0.1, 0.15) is 55.7 Å². The minimum absolute atomic E-state index is 0.0686. The number of carbonyl (C=O) groups excluding carboxylic acids is 2. The standard InChI is InChI=1S/C21H30N2O2/c1-15-12-16(2)21(17(3)13-15)23(18(4)24)14-20(25)22-11-10-19-8-6-5-7-9-19/h8,12-13H,5-7,9-11,14H2,1-4H3,(H,22,25). The Morgan fingerprint density at radius 1 is 1.12 bits per heavy atom. The molecular weight excluding hydrogens is 312 g/mol. The number of nitrogens with one attached hydrogen (secondary N) is 1. The van der Waals surface area contributed by atoms with E-state index in [-0.39, 0.29) is 18.4 Å². The summed E-state index contributed by atoms with van der Waals surface area (Å²) in [5.74, 6) is -0.217. The van der Waals surface area contributed by atoms with Crippen molar-refractivity contribution < 1.29 is 9.59 Å². The largest absolute Gasteiger partial charge is 0.354 e. The first kappa shape index (κ1) is 19.2. The van der Waals surface area contributed by atoms with Crippen molar-refractivity contribution in [3.05, 3.63) is 40.5 Å². The molecule has 4 heteroatoms. The van der Waals surface area contributed by atoms with Crippen LogP contribution in [0.4, 0.5) is 5.69 Å². The van der Waals surface area contributed by atoms with Gasteiger partial charge in [0, 0.05) is 13.5 Å². The van der Waals surface area contributed by atoms with E-state index >= 15 is 0 Å². The zero-order valence-corrected chi connectivity index (χ0v) is 15.9. The van der Waals surface area contributed by atoms with Crippen LogP contribution in [0.2, 0.25) is 0 Å². The molecule has 0 bridgehead atoms. The molecule has 0 saturated carbocycles. The van der Waals surface area contributed by atoms with E-state index in [9.17, 15) is 9.59 Å². The lowest BCUT2D eigenvalue weighted by Gasteiger charge is -2.25. The maximum Gasteiger partial charge on any atom is 0.240 e. The molecule has 136 valence electrons. The summed E-state index contributed by atoms with van der Waals surface area (Å²) in [7, 11) is 0. The number of nitrogens with zero attached hydrogens (tertiary/aromatic N) is 1. The summed E-state index contributed by atoms with van der Waals surface area (Å²) in [5, 5.41) is 2.96. The normalized spacial score (nSPS) is 14.0. The second kappa shape index (κ2) is 8.84. The van der Waals surface area contributed by atoms with Gasteiger partial charge in [-0.1, -0.05) is 29.3 Å². The lowest BCUT2D eigenvalue weighted by molar-refractivity contribution is -0.123. The molecule has 0 atom stereocenters. The molecule has 0 aromatic heterocycles. The van der Waals surface area contributed by atoms with Gasteiger partial charge >= 0.3 is 0 Å². The van der Waals surface area contributed by atoms with E-state index in [1.165, 1.54) is 25.3 Å². The zero-order valence-electron chi connectivity index (χ0n) is 15.9. The number of anilines is 1. The van der Waals surface area contributed by atoms with Crippen LogP contribution in [-0.2, 0) is 9.59 Å². The van der Waals surface area contributed by atoms with Crippen molar-refractivity contribution in [3.63, 3.8) is 0 Å². The van der Waals surface area contributed by atoms with Gasteiger partial charge in [-0.05, 0) is 64.0 Å². The average Bonchev–Trinajstić information content (AvgIpc) is 2.54. The molecule has 1 aromatic rings. The van der Waals surface area contributed by atoms with Crippen LogP contribution in [0.5, 0.6) is 0 Å². The molecule has 0 fully saturated rings. The maximum absolute atomic E-state index is 12.3. The third kappa shape index (κ3) is 5.45. The fraction of sp³-hybridized carbons (Fsp3) is 0.524. The maximum atomic E-state index is 12.3. The SMILES string of the molecule is CC(=O)N(CC(=O)NCCC1=CCCCC1)c1c(C)cc(C)cc1C. The Morgan fingerprint density at radius 2 is 1.80 bits per heavy atom. The van der Waals surface area contributed by atoms with Crippen molar-refractivity contribution in [3.8, 4) is 0 Å². The third-order valence-electron chi connectivity index (χ3n) is 4.74. The molecule has 1 aromatic carbocycles. The molecule has 1 aliphatic carbocycles. The topological polar surface area (TPSA) is 49.4 Å². The van der Waals surface area contributed by atoms with E-state index in [1.54, 1.807) is 4.90 Å². The highest BCUT2D eigenvalue weighted by Gasteiger charge is 2.19. The molecule has 0 unspecified atom stereocenters. The smallest absolute Gasteiger partial charge is 0.240 e. The van der Waals surface area contributed by atoms with Crippen molar-refractivity contribution in [2.45, 2.75) is 59.8 Å². The summed E-state index contributed by atoms with van der Waals surface area (Å²) in [5.41, 5.74) is 5.50. The number of hydrogen-bond donors (Lipinski definition) is 1. The molecule has 0 aliphatic heterocycles. The lowest BCUT2D eigenvalue weighted by Crippen LogP contribution is -2.40. The highest BCUT2D eigenvalue weighted by atomic mass is 16.2. The second-order valence-corrected chi connectivity index (χ2v) is 7.06. The van der Waals surface area contributed by atoms with Crippen molar-refractivity contribution in [2.24, 2.45) is 0 Å². The Labute approximate surface area is 151 Å². The second-order valence-electron chi connectivity index (χ2n) is 7.06. The molecule has 0 spiro atoms. The summed E-state index contributed by atoms with van der Waals surface area (Å²) < 4.78 is 0. The van der Waals surface area contributed by atoms with Gasteiger partial charge in [-0.3, -0.25) is 9.59 Å². The fourth-order valence-corrected chi connectivity index (χ4v) is 3.64. The van der Waals surface area contributed by atoms with Gasteiger partial charge in [-0.25, -0.2) is 0 Å². The third-order valence-corrected chi connectivity index (χ3v) is 4.74. The minimum atomic E-state index is -0.111. The van der Waals surface area contributed by atoms with Gasteiger partial charge < -0.3 is 10.2 Å². The molecule has 4 nitrogen and oxygen atoms in total.